The van der Waals surface area contributed by atoms with Gasteiger partial charge in [0, 0.05) is 33.1 Å². The van der Waals surface area contributed by atoms with E-state index in [0.29, 0.717) is 0 Å². The lowest BCUT2D eigenvalue weighted by atomic mass is 10.2. The molecule has 22 heavy (non-hydrogen) atoms. The Hall–Kier alpha value is -1.72. The SMILES string of the molecule is COc1ccc(CSc2cc(Br)ccc2-c2ncc[nH]2)cc1. The molecular formula is C17H15BrN2OS. The van der Waals surface area contributed by atoms with E-state index in [1.807, 2.05) is 24.4 Å². The number of ether oxygens (including phenoxy) is 1. The number of benzene rings is 2. The molecule has 0 unspecified atom stereocenters. The van der Waals surface area contributed by atoms with Crippen molar-refractivity contribution in [1.82, 2.24) is 9.97 Å². The van der Waals surface area contributed by atoms with Gasteiger partial charge in [-0.3, -0.25) is 0 Å². The standard InChI is InChI=1S/C17H15BrN2OS/c1-21-14-5-2-12(3-6-14)11-22-16-10-13(18)4-7-15(16)17-19-8-9-20-17/h2-10H,11H2,1H3,(H,19,20). The van der Waals surface area contributed by atoms with E-state index in [2.05, 4.69) is 50.2 Å². The second-order valence-electron chi connectivity index (χ2n) is 4.72. The summed E-state index contributed by atoms with van der Waals surface area (Å²) in [6, 6.07) is 14.4. The first kappa shape index (κ1) is 15.2. The van der Waals surface area contributed by atoms with Crippen LogP contribution in [0.4, 0.5) is 0 Å². The van der Waals surface area contributed by atoms with Crippen molar-refractivity contribution in [3.05, 3.63) is 64.9 Å². The van der Waals surface area contributed by atoms with Gasteiger partial charge in [0.2, 0.25) is 0 Å². The summed E-state index contributed by atoms with van der Waals surface area (Å²) < 4.78 is 6.26. The Balaban J connectivity index is 1.80. The van der Waals surface area contributed by atoms with Gasteiger partial charge in [-0.2, -0.15) is 0 Å². The first-order chi connectivity index (χ1) is 10.8. The zero-order valence-electron chi connectivity index (χ0n) is 12.0. The molecule has 0 aliphatic carbocycles. The van der Waals surface area contributed by atoms with Crippen LogP contribution in [0.2, 0.25) is 0 Å². The Morgan fingerprint density at radius 3 is 2.68 bits per heavy atom. The molecule has 3 rings (SSSR count). The maximum atomic E-state index is 5.19. The van der Waals surface area contributed by atoms with Gasteiger partial charge in [0.05, 0.1) is 7.11 Å². The van der Waals surface area contributed by atoms with Gasteiger partial charge < -0.3 is 9.72 Å². The molecule has 0 bridgehead atoms. The lowest BCUT2D eigenvalue weighted by Crippen LogP contribution is -1.87. The maximum absolute atomic E-state index is 5.19. The molecule has 1 aromatic heterocycles. The molecule has 1 N–H and O–H groups in total. The van der Waals surface area contributed by atoms with E-state index < -0.39 is 0 Å². The predicted octanol–water partition coefficient (Wildman–Crippen LogP) is 5.14. The predicted molar refractivity (Wildman–Crippen MR) is 94.3 cm³/mol. The number of methoxy groups -OCH3 is 1. The van der Waals surface area contributed by atoms with Crippen LogP contribution in [0.1, 0.15) is 5.56 Å². The third-order valence-electron chi connectivity index (χ3n) is 3.25. The average molecular weight is 375 g/mol. The zero-order chi connectivity index (χ0) is 15.4. The van der Waals surface area contributed by atoms with Crippen molar-refractivity contribution in [3.8, 4) is 17.1 Å². The molecule has 0 amide bonds. The van der Waals surface area contributed by atoms with Crippen LogP contribution in [-0.4, -0.2) is 17.1 Å². The van der Waals surface area contributed by atoms with E-state index in [0.717, 1.165) is 27.4 Å². The Morgan fingerprint density at radius 1 is 1.18 bits per heavy atom. The summed E-state index contributed by atoms with van der Waals surface area (Å²) in [7, 11) is 1.68. The molecular weight excluding hydrogens is 360 g/mol. The molecule has 0 spiro atoms. The molecule has 0 aliphatic rings. The van der Waals surface area contributed by atoms with E-state index in [9.17, 15) is 0 Å². The molecule has 0 radical (unpaired) electrons. The molecule has 0 aliphatic heterocycles. The third kappa shape index (κ3) is 3.54. The maximum Gasteiger partial charge on any atom is 0.138 e. The number of hydrogen-bond acceptors (Lipinski definition) is 3. The Bertz CT molecular complexity index is 742. The number of imidazole rings is 1. The van der Waals surface area contributed by atoms with Gasteiger partial charge in [0.1, 0.15) is 11.6 Å². The number of H-pyrrole nitrogens is 1. The molecule has 0 saturated heterocycles. The third-order valence-corrected chi connectivity index (χ3v) is 4.87. The zero-order valence-corrected chi connectivity index (χ0v) is 14.4. The lowest BCUT2D eigenvalue weighted by Gasteiger charge is -2.09. The van der Waals surface area contributed by atoms with Gasteiger partial charge in [-0.05, 0) is 35.9 Å². The van der Waals surface area contributed by atoms with Crippen LogP contribution in [0, 0.1) is 0 Å². The smallest absolute Gasteiger partial charge is 0.138 e. The fraction of sp³-hybridized carbons (Fsp3) is 0.118. The van der Waals surface area contributed by atoms with E-state index in [-0.39, 0.29) is 0 Å². The van der Waals surface area contributed by atoms with Crippen molar-refractivity contribution in [3.63, 3.8) is 0 Å². The largest absolute Gasteiger partial charge is 0.497 e. The van der Waals surface area contributed by atoms with Crippen LogP contribution in [0.25, 0.3) is 11.4 Å². The minimum Gasteiger partial charge on any atom is -0.497 e. The topological polar surface area (TPSA) is 37.9 Å². The van der Waals surface area contributed by atoms with Crippen LogP contribution in [0.15, 0.2) is 64.2 Å². The number of hydrogen-bond donors (Lipinski definition) is 1. The molecule has 3 aromatic rings. The second-order valence-corrected chi connectivity index (χ2v) is 6.65. The summed E-state index contributed by atoms with van der Waals surface area (Å²) in [5.41, 5.74) is 2.38. The van der Waals surface area contributed by atoms with Crippen LogP contribution < -0.4 is 4.74 Å². The number of aromatic nitrogens is 2. The molecule has 0 atom stereocenters. The van der Waals surface area contributed by atoms with Crippen molar-refractivity contribution in [1.29, 1.82) is 0 Å². The Kier molecular flexibility index (Phi) is 4.85. The number of nitrogens with zero attached hydrogens (tertiary/aromatic N) is 1. The number of thioether (sulfide) groups is 1. The lowest BCUT2D eigenvalue weighted by molar-refractivity contribution is 0.414. The van der Waals surface area contributed by atoms with Gasteiger partial charge in [-0.15, -0.1) is 11.8 Å². The summed E-state index contributed by atoms with van der Waals surface area (Å²) in [4.78, 5) is 8.72. The highest BCUT2D eigenvalue weighted by atomic mass is 79.9. The number of rotatable bonds is 5. The highest BCUT2D eigenvalue weighted by Crippen LogP contribution is 2.34. The highest BCUT2D eigenvalue weighted by molar-refractivity contribution is 9.10. The molecule has 0 fully saturated rings. The molecule has 5 heteroatoms. The molecule has 2 aromatic carbocycles. The fourth-order valence-corrected chi connectivity index (χ4v) is 3.66. The number of aromatic amines is 1. The van der Waals surface area contributed by atoms with Crippen molar-refractivity contribution in [2.24, 2.45) is 0 Å². The molecule has 112 valence electrons. The summed E-state index contributed by atoms with van der Waals surface area (Å²) in [6.07, 6.45) is 3.62. The van der Waals surface area contributed by atoms with E-state index >= 15 is 0 Å². The van der Waals surface area contributed by atoms with Gasteiger partial charge in [0.15, 0.2) is 0 Å². The minimum atomic E-state index is 0.882. The van der Waals surface area contributed by atoms with Crippen LogP contribution in [0.5, 0.6) is 5.75 Å². The van der Waals surface area contributed by atoms with Crippen LogP contribution in [-0.2, 0) is 5.75 Å². The van der Waals surface area contributed by atoms with E-state index in [1.165, 1.54) is 10.5 Å². The quantitative estimate of drug-likeness (QED) is 0.628. The normalized spacial score (nSPS) is 10.6. The first-order valence-electron chi connectivity index (χ1n) is 6.81. The van der Waals surface area contributed by atoms with Crippen molar-refractivity contribution in [2.75, 3.05) is 7.11 Å². The van der Waals surface area contributed by atoms with Gasteiger partial charge in [-0.25, -0.2) is 4.98 Å². The summed E-state index contributed by atoms with van der Waals surface area (Å²) in [5.74, 6) is 2.67. The Labute approximate surface area is 142 Å². The highest BCUT2D eigenvalue weighted by Gasteiger charge is 2.09. The van der Waals surface area contributed by atoms with Gasteiger partial charge in [0.25, 0.3) is 0 Å². The number of halogens is 1. The Morgan fingerprint density at radius 2 is 2.00 bits per heavy atom. The number of nitrogens with one attached hydrogen (secondary N) is 1. The van der Waals surface area contributed by atoms with Gasteiger partial charge in [-0.1, -0.05) is 28.1 Å². The van der Waals surface area contributed by atoms with E-state index in [1.54, 1.807) is 25.1 Å². The summed E-state index contributed by atoms with van der Waals surface area (Å²) >= 11 is 5.34. The molecule has 0 saturated carbocycles. The van der Waals surface area contributed by atoms with Crippen LogP contribution >= 0.6 is 27.7 Å². The second kappa shape index (κ2) is 7.03. The fourth-order valence-electron chi connectivity index (χ4n) is 2.11. The van der Waals surface area contributed by atoms with Crippen molar-refractivity contribution < 1.29 is 4.74 Å². The summed E-state index contributed by atoms with van der Waals surface area (Å²) in [5, 5.41) is 0. The van der Waals surface area contributed by atoms with Crippen molar-refractivity contribution >= 4 is 27.7 Å². The van der Waals surface area contributed by atoms with Crippen LogP contribution in [0.3, 0.4) is 0 Å². The molecule has 3 nitrogen and oxygen atoms in total. The van der Waals surface area contributed by atoms with Crippen molar-refractivity contribution in [2.45, 2.75) is 10.6 Å². The average Bonchev–Trinajstić information content (AvgIpc) is 3.08. The van der Waals surface area contributed by atoms with E-state index in [4.69, 9.17) is 4.74 Å². The monoisotopic (exact) mass is 374 g/mol. The van der Waals surface area contributed by atoms with Gasteiger partial charge >= 0.3 is 0 Å². The first-order valence-corrected chi connectivity index (χ1v) is 8.59. The minimum absolute atomic E-state index is 0.882. The molecule has 1 heterocycles. The summed E-state index contributed by atoms with van der Waals surface area (Å²) in [6.45, 7) is 0.